The molecule has 0 bridgehead atoms. The van der Waals surface area contributed by atoms with E-state index in [4.69, 9.17) is 5.73 Å². The van der Waals surface area contributed by atoms with Crippen molar-refractivity contribution in [2.45, 2.75) is 0 Å². The third kappa shape index (κ3) is 0.137. The minimum atomic E-state index is 0.269. The summed E-state index contributed by atoms with van der Waals surface area (Å²) >= 11 is 0. The van der Waals surface area contributed by atoms with Crippen LogP contribution in [0.3, 0.4) is 0 Å². The maximum absolute atomic E-state index is 4.87. The zero-order valence-electron chi connectivity index (χ0n) is 2.42. The van der Waals surface area contributed by atoms with Gasteiger partial charge >= 0.3 is 0 Å². The maximum atomic E-state index is 4.87. The Kier molecular flexibility index (Phi) is 0.237. The largest absolute Gasteiger partial charge is 0.365 e. The van der Waals surface area contributed by atoms with Gasteiger partial charge in [-0.15, -0.1) is 0 Å². The fraction of sp³-hybridized carbons (Fsp3) is 0. The van der Waals surface area contributed by atoms with E-state index in [2.05, 4.69) is 15.4 Å². The first-order chi connectivity index (χ1) is 2.39. The molecule has 2 N–H and O–H groups in total. The van der Waals surface area contributed by atoms with Crippen molar-refractivity contribution in [2.24, 2.45) is 21.2 Å². The molecule has 0 aliphatic carbocycles. The van der Waals surface area contributed by atoms with E-state index >= 15 is 0 Å². The molecular weight excluding hydrogens is 68.0 g/mol. The van der Waals surface area contributed by atoms with Crippen LogP contribution in [0.4, 0.5) is 0 Å². The van der Waals surface area contributed by atoms with E-state index in [0.717, 1.165) is 0 Å². The number of rotatable bonds is 0. The second-order valence-corrected chi connectivity index (χ2v) is 0.648. The van der Waals surface area contributed by atoms with E-state index in [1.54, 1.807) is 0 Å². The van der Waals surface area contributed by atoms with Crippen molar-refractivity contribution in [2.75, 3.05) is 0 Å². The van der Waals surface area contributed by atoms with Gasteiger partial charge in [0.15, 0.2) is 0 Å². The van der Waals surface area contributed by atoms with Gasteiger partial charge in [-0.1, -0.05) is 10.2 Å². The van der Waals surface area contributed by atoms with E-state index in [9.17, 15) is 0 Å². The van der Waals surface area contributed by atoms with Gasteiger partial charge in [0.1, 0.15) is 0 Å². The van der Waals surface area contributed by atoms with E-state index in [-0.39, 0.29) is 5.96 Å². The standard InChI is InChI=1S/CH2N4/c2-1-3-5-4-1/h(H2,2,3,4). The topological polar surface area (TPSA) is 63.1 Å². The van der Waals surface area contributed by atoms with Crippen LogP contribution in [-0.2, 0) is 0 Å². The van der Waals surface area contributed by atoms with Crippen LogP contribution in [0.15, 0.2) is 15.4 Å². The lowest BCUT2D eigenvalue weighted by Crippen LogP contribution is -2.10. The van der Waals surface area contributed by atoms with Crippen LogP contribution >= 0.6 is 0 Å². The third-order valence-electron chi connectivity index (χ3n) is 0.294. The molecule has 1 aliphatic rings. The van der Waals surface area contributed by atoms with E-state index < -0.39 is 0 Å². The second kappa shape index (κ2) is 0.512. The summed E-state index contributed by atoms with van der Waals surface area (Å²) < 4.78 is 0. The maximum Gasteiger partial charge on any atom is 0.263 e. The minimum absolute atomic E-state index is 0.269. The lowest BCUT2D eigenvalue weighted by atomic mass is 11.1. The molecule has 26 valence electrons. The van der Waals surface area contributed by atoms with Crippen molar-refractivity contribution in [1.82, 2.24) is 0 Å². The van der Waals surface area contributed by atoms with Gasteiger partial charge in [0.2, 0.25) is 0 Å². The Morgan fingerprint density at radius 2 is 2.00 bits per heavy atom. The van der Waals surface area contributed by atoms with Gasteiger partial charge in [-0.25, -0.2) is 0 Å². The van der Waals surface area contributed by atoms with Crippen LogP contribution in [0.2, 0.25) is 0 Å². The first-order valence-corrected chi connectivity index (χ1v) is 1.14. The first kappa shape index (κ1) is 2.32. The first-order valence-electron chi connectivity index (χ1n) is 1.14. The van der Waals surface area contributed by atoms with Gasteiger partial charge in [-0.05, 0) is 5.22 Å². The van der Waals surface area contributed by atoms with Crippen molar-refractivity contribution >= 4 is 5.96 Å². The predicted molar refractivity (Wildman–Crippen MR) is 16.5 cm³/mol. The van der Waals surface area contributed by atoms with Crippen LogP contribution < -0.4 is 5.73 Å². The highest BCUT2D eigenvalue weighted by atomic mass is 15.5. The minimum Gasteiger partial charge on any atom is -0.365 e. The molecular formula is CH2N4. The molecule has 0 saturated heterocycles. The summed E-state index contributed by atoms with van der Waals surface area (Å²) in [6.45, 7) is 0. The highest BCUT2D eigenvalue weighted by Gasteiger charge is 1.90. The Bertz CT molecular complexity index is 89.8. The van der Waals surface area contributed by atoms with Gasteiger partial charge in [0.05, 0.1) is 0 Å². The molecule has 1 aliphatic heterocycles. The zero-order chi connectivity index (χ0) is 3.70. The van der Waals surface area contributed by atoms with Crippen molar-refractivity contribution in [1.29, 1.82) is 0 Å². The average Bonchev–Trinajstić information content (AvgIpc) is 1.30. The molecule has 0 amide bonds. The van der Waals surface area contributed by atoms with Crippen LogP contribution in [0.25, 0.3) is 0 Å². The van der Waals surface area contributed by atoms with Crippen molar-refractivity contribution in [3.05, 3.63) is 0 Å². The smallest absolute Gasteiger partial charge is 0.263 e. The fourth-order valence-corrected chi connectivity index (χ4v) is 0.0964. The molecule has 1 rings (SSSR count). The number of hydrogen-bond acceptors (Lipinski definition) is 4. The van der Waals surface area contributed by atoms with Crippen LogP contribution in [0.5, 0.6) is 0 Å². The summed E-state index contributed by atoms with van der Waals surface area (Å²) in [7, 11) is 0. The predicted octanol–water partition coefficient (Wildman–Crippen LogP) is -0.318. The summed E-state index contributed by atoms with van der Waals surface area (Å²) in [5.74, 6) is 0.269. The molecule has 0 spiro atoms. The highest BCUT2D eigenvalue weighted by molar-refractivity contribution is 5.80. The molecule has 0 aromatic heterocycles. The van der Waals surface area contributed by atoms with Gasteiger partial charge in [-0.3, -0.25) is 0 Å². The Labute approximate surface area is 28.4 Å². The lowest BCUT2D eigenvalue weighted by molar-refractivity contribution is 0.974. The Morgan fingerprint density at radius 1 is 1.60 bits per heavy atom. The molecule has 0 unspecified atom stereocenters. The van der Waals surface area contributed by atoms with E-state index in [1.807, 2.05) is 0 Å². The van der Waals surface area contributed by atoms with Crippen molar-refractivity contribution in [3.63, 3.8) is 0 Å². The second-order valence-electron chi connectivity index (χ2n) is 0.648. The van der Waals surface area contributed by atoms with Gasteiger partial charge in [0.25, 0.3) is 5.96 Å². The fourth-order valence-electron chi connectivity index (χ4n) is 0.0964. The molecule has 0 saturated carbocycles. The summed E-state index contributed by atoms with van der Waals surface area (Å²) in [6.07, 6.45) is 0. The summed E-state index contributed by atoms with van der Waals surface area (Å²) in [6, 6.07) is 0. The SMILES string of the molecule is NC1=NN=N1. The Balaban J connectivity index is 2.60. The molecule has 0 atom stereocenters. The normalized spacial score (nSPS) is 17.2. The van der Waals surface area contributed by atoms with Crippen molar-refractivity contribution in [3.8, 4) is 0 Å². The molecule has 1 heterocycles. The Hall–Kier alpha value is -0.930. The summed E-state index contributed by atoms with van der Waals surface area (Å²) in [4.78, 5) is 0. The van der Waals surface area contributed by atoms with Gasteiger partial charge in [0, 0.05) is 0 Å². The molecule has 5 heavy (non-hydrogen) atoms. The van der Waals surface area contributed by atoms with Crippen LogP contribution in [0, 0.1) is 0 Å². The van der Waals surface area contributed by atoms with Crippen LogP contribution in [0.1, 0.15) is 0 Å². The molecule has 4 nitrogen and oxygen atoms in total. The number of guanidine groups is 1. The van der Waals surface area contributed by atoms with Gasteiger partial charge in [-0.2, -0.15) is 0 Å². The number of nitrogens with two attached hydrogens (primary N) is 1. The molecule has 0 aromatic rings. The highest BCUT2D eigenvalue weighted by Crippen LogP contribution is 1.86. The number of nitrogens with zero attached hydrogens (tertiary/aromatic N) is 3. The quantitative estimate of drug-likeness (QED) is 0.417. The third-order valence-corrected chi connectivity index (χ3v) is 0.294. The molecule has 0 radical (unpaired) electrons. The zero-order valence-corrected chi connectivity index (χ0v) is 2.42. The van der Waals surface area contributed by atoms with Crippen LogP contribution in [-0.4, -0.2) is 5.96 Å². The monoisotopic (exact) mass is 70.0 g/mol. The van der Waals surface area contributed by atoms with E-state index in [1.165, 1.54) is 0 Å². The molecule has 0 aromatic carbocycles. The molecule has 0 fully saturated rings. The number of hydrogen-bond donors (Lipinski definition) is 1. The van der Waals surface area contributed by atoms with Crippen molar-refractivity contribution < 1.29 is 0 Å². The average molecular weight is 70.1 g/mol. The summed E-state index contributed by atoms with van der Waals surface area (Å²) in [5, 5.41) is 9.53. The van der Waals surface area contributed by atoms with Gasteiger partial charge < -0.3 is 5.73 Å². The van der Waals surface area contributed by atoms with E-state index in [0.29, 0.717) is 0 Å². The Morgan fingerprint density at radius 3 is 2.00 bits per heavy atom. The lowest BCUT2D eigenvalue weighted by Gasteiger charge is -1.87. The summed E-state index contributed by atoms with van der Waals surface area (Å²) in [5.41, 5.74) is 4.87. The molecule has 4 heteroatoms.